The van der Waals surface area contributed by atoms with E-state index in [-0.39, 0.29) is 35.5 Å². The van der Waals surface area contributed by atoms with Crippen molar-refractivity contribution in [3.63, 3.8) is 0 Å². The van der Waals surface area contributed by atoms with E-state index in [4.69, 9.17) is 0 Å². The number of hydrogen-bond donors (Lipinski definition) is 2. The van der Waals surface area contributed by atoms with Gasteiger partial charge in [-0.15, -0.1) is 0 Å². The van der Waals surface area contributed by atoms with Gasteiger partial charge in [0.15, 0.2) is 5.96 Å². The van der Waals surface area contributed by atoms with E-state index >= 15 is 0 Å². The number of guanidine groups is 1. The predicted molar refractivity (Wildman–Crippen MR) is 101 cm³/mol. The summed E-state index contributed by atoms with van der Waals surface area (Å²) in [5, 5.41) is 6.48. The fraction of sp³-hybridized carbons (Fsp3) is 0.579. The van der Waals surface area contributed by atoms with E-state index in [2.05, 4.69) is 32.8 Å². The highest BCUT2D eigenvalue weighted by atomic mass is 16.2. The van der Waals surface area contributed by atoms with Crippen molar-refractivity contribution in [2.24, 2.45) is 28.7 Å². The van der Waals surface area contributed by atoms with Crippen LogP contribution in [0.2, 0.25) is 0 Å². The first-order valence-electron chi connectivity index (χ1n) is 9.63. The zero-order valence-electron chi connectivity index (χ0n) is 15.5. The summed E-state index contributed by atoms with van der Waals surface area (Å²) in [4.78, 5) is 35.0. The van der Waals surface area contributed by atoms with Crippen LogP contribution in [0.4, 0.5) is 0 Å². The van der Waals surface area contributed by atoms with E-state index in [9.17, 15) is 9.59 Å². The van der Waals surface area contributed by atoms with Crippen LogP contribution in [-0.4, -0.2) is 58.9 Å². The smallest absolute Gasteiger partial charge is 0.233 e. The maximum absolute atomic E-state index is 12.6. The lowest BCUT2D eigenvalue weighted by Crippen LogP contribution is -2.40. The molecule has 2 bridgehead atoms. The second-order valence-corrected chi connectivity index (χ2v) is 7.41. The van der Waals surface area contributed by atoms with Crippen LogP contribution in [0.1, 0.15) is 12.8 Å². The van der Waals surface area contributed by atoms with Gasteiger partial charge in [-0.3, -0.25) is 19.5 Å². The lowest BCUT2D eigenvalue weighted by Gasteiger charge is -2.18. The summed E-state index contributed by atoms with van der Waals surface area (Å²) in [5.41, 5.74) is 0. The fourth-order valence-corrected chi connectivity index (χ4v) is 4.57. The third kappa shape index (κ3) is 3.36. The molecule has 1 saturated carbocycles. The Kier molecular flexibility index (Phi) is 4.96. The van der Waals surface area contributed by atoms with Gasteiger partial charge >= 0.3 is 0 Å². The number of allylic oxidation sites excluding steroid dienone is 2. The number of amides is 2. The molecule has 0 radical (unpaired) electrons. The molecule has 2 aliphatic carbocycles. The molecule has 8 heteroatoms. The lowest BCUT2D eigenvalue weighted by atomic mass is 9.85. The number of fused-ring (bicyclic) bond motifs is 5. The van der Waals surface area contributed by atoms with E-state index in [1.807, 2.05) is 10.8 Å². The van der Waals surface area contributed by atoms with Crippen molar-refractivity contribution >= 4 is 17.8 Å². The van der Waals surface area contributed by atoms with Gasteiger partial charge < -0.3 is 15.2 Å². The summed E-state index contributed by atoms with van der Waals surface area (Å²) in [6.07, 6.45) is 11.4. The molecule has 1 aromatic heterocycles. The molecule has 144 valence electrons. The van der Waals surface area contributed by atoms with Gasteiger partial charge in [0.2, 0.25) is 11.8 Å². The average molecular weight is 370 g/mol. The number of likely N-dealkylation sites (tertiary alicyclic amines) is 1. The van der Waals surface area contributed by atoms with E-state index in [1.165, 1.54) is 4.90 Å². The van der Waals surface area contributed by atoms with Crippen molar-refractivity contribution in [1.82, 2.24) is 25.1 Å². The van der Waals surface area contributed by atoms with E-state index in [1.54, 1.807) is 19.6 Å². The summed E-state index contributed by atoms with van der Waals surface area (Å²) in [5.74, 6) is 1.13. The zero-order valence-corrected chi connectivity index (χ0v) is 15.5. The maximum atomic E-state index is 12.6. The van der Waals surface area contributed by atoms with Gasteiger partial charge in [0.25, 0.3) is 0 Å². The highest BCUT2D eigenvalue weighted by molar-refractivity contribution is 6.06. The quantitative estimate of drug-likeness (QED) is 0.236. The third-order valence-electron chi connectivity index (χ3n) is 5.86. The van der Waals surface area contributed by atoms with E-state index in [0.29, 0.717) is 25.5 Å². The van der Waals surface area contributed by atoms with Crippen molar-refractivity contribution in [3.8, 4) is 0 Å². The van der Waals surface area contributed by atoms with Gasteiger partial charge in [0, 0.05) is 45.6 Å². The number of carbonyl (C=O) groups is 2. The number of nitrogens with one attached hydrogen (secondary N) is 2. The number of aliphatic imine (C=N–C) groups is 1. The Labute approximate surface area is 158 Å². The monoisotopic (exact) mass is 370 g/mol. The lowest BCUT2D eigenvalue weighted by molar-refractivity contribution is -0.140. The van der Waals surface area contributed by atoms with E-state index < -0.39 is 0 Å². The highest BCUT2D eigenvalue weighted by Gasteiger charge is 2.58. The summed E-state index contributed by atoms with van der Waals surface area (Å²) < 4.78 is 1.99. The van der Waals surface area contributed by atoms with Crippen LogP contribution in [-0.2, 0) is 16.1 Å². The molecule has 0 aromatic carbocycles. The third-order valence-corrected chi connectivity index (χ3v) is 5.86. The van der Waals surface area contributed by atoms with Gasteiger partial charge in [-0.1, -0.05) is 12.2 Å². The first kappa shape index (κ1) is 17.8. The van der Waals surface area contributed by atoms with Crippen molar-refractivity contribution in [3.05, 3.63) is 30.9 Å². The molecule has 4 atom stereocenters. The Morgan fingerprint density at radius 3 is 2.48 bits per heavy atom. The largest absolute Gasteiger partial charge is 0.356 e. The number of aromatic nitrogens is 2. The van der Waals surface area contributed by atoms with Gasteiger partial charge in [0.1, 0.15) is 0 Å². The molecular weight excluding hydrogens is 344 g/mol. The molecule has 27 heavy (non-hydrogen) atoms. The molecule has 0 spiro atoms. The zero-order chi connectivity index (χ0) is 18.8. The summed E-state index contributed by atoms with van der Waals surface area (Å²) in [6, 6.07) is 0. The minimum atomic E-state index is -0.0990. The first-order chi connectivity index (χ1) is 13.2. The standard InChI is InChI=1S/C19H26N6O2/c1-20-19(23-7-10-24-9-6-21-12-24)22-5-2-8-25-17(26)15-13-3-4-14(11-13)16(15)18(25)27/h3-4,6,9,12-16H,2,5,7-8,10-11H2,1H3,(H2,20,22,23). The summed E-state index contributed by atoms with van der Waals surface area (Å²) >= 11 is 0. The molecule has 2 N–H and O–H groups in total. The van der Waals surface area contributed by atoms with Gasteiger partial charge in [0.05, 0.1) is 18.2 Å². The van der Waals surface area contributed by atoms with Crippen LogP contribution in [0.15, 0.2) is 35.9 Å². The Morgan fingerprint density at radius 1 is 1.15 bits per heavy atom. The number of nitrogens with zero attached hydrogens (tertiary/aromatic N) is 4. The minimum Gasteiger partial charge on any atom is -0.356 e. The second kappa shape index (κ2) is 7.54. The molecular formula is C19H26N6O2. The van der Waals surface area contributed by atoms with Gasteiger partial charge in [-0.05, 0) is 24.7 Å². The van der Waals surface area contributed by atoms with Crippen LogP contribution in [0.25, 0.3) is 0 Å². The van der Waals surface area contributed by atoms with Crippen LogP contribution in [0, 0.1) is 23.7 Å². The Balaban J connectivity index is 1.19. The molecule has 1 aromatic rings. The van der Waals surface area contributed by atoms with E-state index in [0.717, 1.165) is 19.5 Å². The molecule has 2 heterocycles. The maximum Gasteiger partial charge on any atom is 0.233 e. The molecule has 8 nitrogen and oxygen atoms in total. The Hall–Kier alpha value is -2.64. The van der Waals surface area contributed by atoms with Crippen molar-refractivity contribution in [2.75, 3.05) is 26.7 Å². The molecule has 2 amide bonds. The molecule has 1 saturated heterocycles. The van der Waals surface area contributed by atoms with Crippen LogP contribution >= 0.6 is 0 Å². The van der Waals surface area contributed by atoms with Gasteiger partial charge in [-0.2, -0.15) is 0 Å². The van der Waals surface area contributed by atoms with Crippen molar-refractivity contribution < 1.29 is 9.59 Å². The van der Waals surface area contributed by atoms with Crippen molar-refractivity contribution in [1.29, 1.82) is 0 Å². The number of hydrogen-bond acceptors (Lipinski definition) is 4. The number of imidazole rings is 1. The highest BCUT2D eigenvalue weighted by Crippen LogP contribution is 2.52. The van der Waals surface area contributed by atoms with Crippen LogP contribution in [0.5, 0.6) is 0 Å². The molecule has 3 aliphatic rings. The normalized spacial score (nSPS) is 28.9. The molecule has 4 unspecified atom stereocenters. The number of carbonyl (C=O) groups excluding carboxylic acids is 2. The van der Waals surface area contributed by atoms with Crippen LogP contribution in [0.3, 0.4) is 0 Å². The second-order valence-electron chi connectivity index (χ2n) is 7.41. The molecule has 4 rings (SSSR count). The molecule has 1 aliphatic heterocycles. The van der Waals surface area contributed by atoms with Crippen molar-refractivity contribution in [2.45, 2.75) is 19.4 Å². The van der Waals surface area contributed by atoms with Crippen LogP contribution < -0.4 is 10.6 Å². The fourth-order valence-electron chi connectivity index (χ4n) is 4.57. The minimum absolute atomic E-state index is 0.0321. The topological polar surface area (TPSA) is 91.6 Å². The predicted octanol–water partition coefficient (Wildman–Crippen LogP) is 0.245. The summed E-state index contributed by atoms with van der Waals surface area (Å²) in [7, 11) is 1.73. The average Bonchev–Trinajstić information content (AvgIpc) is 3.44. The number of rotatable bonds is 7. The first-order valence-corrected chi connectivity index (χ1v) is 9.63. The Morgan fingerprint density at radius 2 is 1.85 bits per heavy atom. The SMILES string of the molecule is CN=C(NCCCN1C(=O)C2C3C=CC(C3)C2C1=O)NCCn1ccnc1. The summed E-state index contributed by atoms with van der Waals surface area (Å²) in [6.45, 7) is 2.67. The number of imide groups is 1. The molecule has 2 fully saturated rings. The Bertz CT molecular complexity index is 726. The van der Waals surface area contributed by atoms with Gasteiger partial charge in [-0.25, -0.2) is 4.98 Å².